The largest absolute Gasteiger partial charge is 0.331 e. The molecule has 0 atom stereocenters. The van der Waals surface area contributed by atoms with Crippen molar-refractivity contribution in [3.05, 3.63) is 129 Å². The van der Waals surface area contributed by atoms with Gasteiger partial charge in [-0.15, -0.1) is 0 Å². The molecule has 6 rings (SSSR count). The average molecular weight is 560 g/mol. The first-order valence-electron chi connectivity index (χ1n) is 12.6. The molecule has 2 aromatic heterocycles. The van der Waals surface area contributed by atoms with E-state index in [9.17, 15) is 19.7 Å². The zero-order valence-corrected chi connectivity index (χ0v) is 22.2. The molecule has 0 saturated heterocycles. The van der Waals surface area contributed by atoms with Crippen LogP contribution in [0.25, 0.3) is 32.7 Å². The molecule has 10 heteroatoms. The van der Waals surface area contributed by atoms with E-state index >= 15 is 0 Å². The van der Waals surface area contributed by atoms with E-state index in [-0.39, 0.29) is 17.7 Å². The number of benzene rings is 4. The molecule has 6 aromatic rings. The Kier molecular flexibility index (Phi) is 6.97. The Balaban J connectivity index is 1.22. The Morgan fingerprint density at radius 1 is 0.902 bits per heavy atom. The molecule has 0 unspecified atom stereocenters. The maximum atomic E-state index is 12.9. The van der Waals surface area contributed by atoms with Gasteiger partial charge in [0, 0.05) is 38.9 Å². The number of nitrogens with zero attached hydrogens (tertiary/aromatic N) is 4. The van der Waals surface area contributed by atoms with Gasteiger partial charge in [0.25, 0.3) is 11.6 Å². The Labute approximate surface area is 237 Å². The van der Waals surface area contributed by atoms with E-state index in [4.69, 9.17) is 0 Å². The lowest BCUT2D eigenvalue weighted by Gasteiger charge is -2.14. The van der Waals surface area contributed by atoms with Crippen LogP contribution in [0.2, 0.25) is 0 Å². The molecule has 0 fully saturated rings. The number of hydrogen-bond donors (Lipinski definition) is 1. The zero-order valence-electron chi connectivity index (χ0n) is 21.4. The maximum Gasteiger partial charge on any atom is 0.283 e. The predicted molar refractivity (Wildman–Crippen MR) is 160 cm³/mol. The number of nitrogens with one attached hydrogen (secondary N) is 1. The Morgan fingerprint density at radius 3 is 2.34 bits per heavy atom. The summed E-state index contributed by atoms with van der Waals surface area (Å²) in [5.74, 6) is -0.411. The number of aromatic nitrogens is 2. The van der Waals surface area contributed by atoms with E-state index in [0.717, 1.165) is 15.8 Å². The van der Waals surface area contributed by atoms with E-state index in [1.807, 2.05) is 42.5 Å². The first kappa shape index (κ1) is 25.9. The fourth-order valence-corrected chi connectivity index (χ4v) is 5.77. The van der Waals surface area contributed by atoms with Crippen LogP contribution in [0.1, 0.15) is 5.56 Å². The molecule has 0 bridgehead atoms. The molecule has 2 heterocycles. The molecule has 0 radical (unpaired) electrons. The molecule has 0 saturated carbocycles. The minimum absolute atomic E-state index is 0.0719. The number of nitro benzene ring substituents is 1. The van der Waals surface area contributed by atoms with Gasteiger partial charge in [0.2, 0.25) is 0 Å². The summed E-state index contributed by atoms with van der Waals surface area (Å²) in [6.45, 7) is -0.0751. The molecule has 200 valence electrons. The fraction of sp³-hybridized carbons (Fsp3) is 0.0323. The molecule has 0 aliphatic carbocycles. The number of para-hydroxylation sites is 2. The van der Waals surface area contributed by atoms with Crippen LogP contribution in [-0.4, -0.2) is 26.6 Å². The first-order chi connectivity index (χ1) is 20.0. The lowest BCUT2D eigenvalue weighted by Crippen LogP contribution is -2.25. The minimum Gasteiger partial charge on any atom is -0.331 e. The third-order valence-corrected chi connectivity index (χ3v) is 7.73. The quantitative estimate of drug-likeness (QED) is 0.112. The van der Waals surface area contributed by atoms with Crippen molar-refractivity contribution in [3.8, 4) is 0 Å². The highest BCUT2D eigenvalue weighted by atomic mass is 32.2. The summed E-state index contributed by atoms with van der Waals surface area (Å²) in [5.41, 5.74) is 4.88. The van der Waals surface area contributed by atoms with Gasteiger partial charge in [-0.1, -0.05) is 54.2 Å². The summed E-state index contributed by atoms with van der Waals surface area (Å²) in [7, 11) is 0. The van der Waals surface area contributed by atoms with Gasteiger partial charge in [0.05, 0.1) is 32.6 Å². The highest BCUT2D eigenvalue weighted by Gasteiger charge is 2.17. The molecule has 9 nitrogen and oxygen atoms in total. The summed E-state index contributed by atoms with van der Waals surface area (Å²) in [5, 5.41) is 17.9. The van der Waals surface area contributed by atoms with E-state index in [0.29, 0.717) is 32.3 Å². The summed E-state index contributed by atoms with van der Waals surface area (Å²) in [6.07, 6.45) is 3.07. The van der Waals surface area contributed by atoms with Crippen molar-refractivity contribution in [1.29, 1.82) is 0 Å². The molecular weight excluding hydrogens is 538 g/mol. The molecule has 1 N–H and O–H groups in total. The number of hydrazone groups is 1. The lowest BCUT2D eigenvalue weighted by atomic mass is 10.1. The number of carbonyl (C=O) groups excluding carboxylic acids is 1. The van der Waals surface area contributed by atoms with E-state index in [2.05, 4.69) is 15.5 Å². The van der Waals surface area contributed by atoms with Gasteiger partial charge in [-0.3, -0.25) is 24.7 Å². The van der Waals surface area contributed by atoms with Crippen molar-refractivity contribution in [3.63, 3.8) is 0 Å². The van der Waals surface area contributed by atoms with E-state index in [1.54, 1.807) is 59.3 Å². The number of nitro groups is 1. The van der Waals surface area contributed by atoms with Crippen molar-refractivity contribution < 1.29 is 9.72 Å². The second-order valence-corrected chi connectivity index (χ2v) is 10.2. The average Bonchev–Trinajstić information content (AvgIpc) is 3.00. The van der Waals surface area contributed by atoms with Gasteiger partial charge < -0.3 is 4.57 Å². The van der Waals surface area contributed by atoms with Crippen LogP contribution >= 0.6 is 11.8 Å². The standard InChI is InChI=1S/C31H21N5O4S/c37-30(19-35-25-11-3-1-7-22(25)31(38)23-8-2-4-12-26(23)35)34-33-18-20-14-15-29(27(17-20)36(39)40)41-28-13-5-10-24-21(28)9-6-16-32-24/h1-18H,19H2,(H,34,37)/b33-18+. The van der Waals surface area contributed by atoms with E-state index in [1.165, 1.54) is 24.0 Å². The fourth-order valence-electron chi connectivity index (χ4n) is 4.73. The Bertz CT molecular complexity index is 2010. The molecule has 0 spiro atoms. The van der Waals surface area contributed by atoms with Crippen LogP contribution in [-0.2, 0) is 11.3 Å². The smallest absolute Gasteiger partial charge is 0.283 e. The third kappa shape index (κ3) is 5.15. The van der Waals surface area contributed by atoms with Crippen molar-refractivity contribution in [1.82, 2.24) is 15.0 Å². The minimum atomic E-state index is -0.436. The van der Waals surface area contributed by atoms with Gasteiger partial charge in [0.15, 0.2) is 5.43 Å². The number of carbonyl (C=O) groups is 1. The van der Waals surface area contributed by atoms with Crippen LogP contribution in [0, 0.1) is 10.1 Å². The predicted octanol–water partition coefficient (Wildman–Crippen LogP) is 5.91. The Hall–Kier alpha value is -5.35. The summed E-state index contributed by atoms with van der Waals surface area (Å²) in [6, 6.07) is 28.5. The maximum absolute atomic E-state index is 12.9. The number of pyridine rings is 2. The SMILES string of the molecule is O=C(Cn1c2ccccc2c(=O)c2ccccc21)N/N=C/c1ccc(Sc2cccc3ncccc23)c([N+](=O)[O-])c1. The van der Waals surface area contributed by atoms with Crippen LogP contribution in [0.15, 0.2) is 123 Å². The van der Waals surface area contributed by atoms with Crippen LogP contribution in [0.3, 0.4) is 0 Å². The van der Waals surface area contributed by atoms with Crippen molar-refractivity contribution in [2.75, 3.05) is 0 Å². The number of fused-ring (bicyclic) bond motifs is 3. The monoisotopic (exact) mass is 559 g/mol. The van der Waals surface area contributed by atoms with E-state index < -0.39 is 10.8 Å². The first-order valence-corrected chi connectivity index (χ1v) is 13.4. The Morgan fingerprint density at radius 2 is 1.61 bits per heavy atom. The van der Waals surface area contributed by atoms with Crippen LogP contribution < -0.4 is 10.9 Å². The number of hydrogen-bond acceptors (Lipinski definition) is 7. The van der Waals surface area contributed by atoms with Gasteiger partial charge in [-0.2, -0.15) is 5.10 Å². The van der Waals surface area contributed by atoms with Gasteiger partial charge in [-0.25, -0.2) is 5.43 Å². The molecule has 4 aromatic carbocycles. The second-order valence-electron chi connectivity index (χ2n) is 9.16. The van der Waals surface area contributed by atoms with Crippen LogP contribution in [0.4, 0.5) is 5.69 Å². The summed E-state index contributed by atoms with van der Waals surface area (Å²) < 4.78 is 1.77. The molecular formula is C31H21N5O4S. The van der Waals surface area contributed by atoms with Gasteiger partial charge >= 0.3 is 0 Å². The zero-order chi connectivity index (χ0) is 28.3. The third-order valence-electron chi connectivity index (χ3n) is 6.59. The molecule has 1 amide bonds. The number of rotatable bonds is 7. The molecule has 41 heavy (non-hydrogen) atoms. The van der Waals surface area contributed by atoms with Crippen molar-refractivity contribution >= 4 is 62.3 Å². The summed E-state index contributed by atoms with van der Waals surface area (Å²) >= 11 is 1.29. The normalized spacial score (nSPS) is 11.4. The highest BCUT2D eigenvalue weighted by molar-refractivity contribution is 7.99. The topological polar surface area (TPSA) is 119 Å². The van der Waals surface area contributed by atoms with Gasteiger partial charge in [-0.05, 0) is 48.5 Å². The molecule has 0 aliphatic heterocycles. The van der Waals surface area contributed by atoms with Crippen molar-refractivity contribution in [2.45, 2.75) is 16.3 Å². The van der Waals surface area contributed by atoms with Crippen molar-refractivity contribution in [2.24, 2.45) is 5.10 Å². The van der Waals surface area contributed by atoms with Gasteiger partial charge in [0.1, 0.15) is 6.54 Å². The number of amides is 1. The highest BCUT2D eigenvalue weighted by Crippen LogP contribution is 2.38. The summed E-state index contributed by atoms with van der Waals surface area (Å²) in [4.78, 5) is 42.9. The second kappa shape index (κ2) is 11.0. The molecule has 0 aliphatic rings. The van der Waals surface area contributed by atoms with Crippen LogP contribution in [0.5, 0.6) is 0 Å². The lowest BCUT2D eigenvalue weighted by molar-refractivity contribution is -0.387.